The summed E-state index contributed by atoms with van der Waals surface area (Å²) in [6.07, 6.45) is 3.56. The second kappa shape index (κ2) is 6.18. The van der Waals surface area contributed by atoms with Gasteiger partial charge in [0.1, 0.15) is 4.34 Å². The topological polar surface area (TPSA) is 12.0 Å². The van der Waals surface area contributed by atoms with E-state index in [2.05, 4.69) is 51.6 Å². The average Bonchev–Trinajstić information content (AvgIpc) is 2.79. The second-order valence-electron chi connectivity index (χ2n) is 5.31. The van der Waals surface area contributed by atoms with Crippen LogP contribution >= 0.6 is 38.9 Å². The molecule has 1 heterocycles. The Morgan fingerprint density at radius 3 is 2.75 bits per heavy atom. The van der Waals surface area contributed by atoms with Crippen LogP contribution in [0.5, 0.6) is 0 Å². The van der Waals surface area contributed by atoms with Crippen LogP contribution in [0.4, 0.5) is 0 Å². The van der Waals surface area contributed by atoms with Crippen LogP contribution in [0.15, 0.2) is 34.8 Å². The number of thiophene rings is 1. The molecule has 0 bridgehead atoms. The molecule has 1 aromatic carbocycles. The lowest BCUT2D eigenvalue weighted by Gasteiger charge is -2.31. The predicted octanol–water partition coefficient (Wildman–Crippen LogP) is 5.23. The van der Waals surface area contributed by atoms with Gasteiger partial charge in [-0.3, -0.25) is 0 Å². The first-order chi connectivity index (χ1) is 9.69. The van der Waals surface area contributed by atoms with E-state index in [9.17, 15) is 0 Å². The van der Waals surface area contributed by atoms with E-state index >= 15 is 0 Å². The lowest BCUT2D eigenvalue weighted by Crippen LogP contribution is -2.29. The summed E-state index contributed by atoms with van der Waals surface area (Å²) in [7, 11) is 2.05. The van der Waals surface area contributed by atoms with Crippen molar-refractivity contribution in [3.63, 3.8) is 0 Å². The van der Waals surface area contributed by atoms with Crippen LogP contribution in [0.2, 0.25) is 4.34 Å². The zero-order valence-electron chi connectivity index (χ0n) is 11.3. The van der Waals surface area contributed by atoms with Gasteiger partial charge in [0.15, 0.2) is 0 Å². The van der Waals surface area contributed by atoms with E-state index in [0.717, 1.165) is 15.2 Å². The summed E-state index contributed by atoms with van der Waals surface area (Å²) in [5.41, 5.74) is 3.02. The van der Waals surface area contributed by atoms with Gasteiger partial charge in [0.25, 0.3) is 0 Å². The fourth-order valence-corrected chi connectivity index (χ4v) is 5.08. The Morgan fingerprint density at radius 2 is 2.10 bits per heavy atom. The molecule has 0 saturated carbocycles. The highest BCUT2D eigenvalue weighted by atomic mass is 79.9. The number of nitrogens with one attached hydrogen (secondary N) is 1. The number of rotatable bonds is 3. The summed E-state index contributed by atoms with van der Waals surface area (Å²) in [4.78, 5) is 1.33. The van der Waals surface area contributed by atoms with Gasteiger partial charge in [-0.05, 0) is 65.4 Å². The van der Waals surface area contributed by atoms with Crippen molar-refractivity contribution in [3.8, 4) is 0 Å². The maximum absolute atomic E-state index is 6.19. The third kappa shape index (κ3) is 2.82. The fourth-order valence-electron chi connectivity index (χ4n) is 3.14. The SMILES string of the molecule is CNC(c1cc(Br)c(Cl)s1)C1CCc2ccccc2C1. The van der Waals surface area contributed by atoms with Crippen LogP contribution in [0.3, 0.4) is 0 Å². The third-order valence-electron chi connectivity index (χ3n) is 4.14. The molecule has 1 aliphatic rings. The molecule has 0 saturated heterocycles. The summed E-state index contributed by atoms with van der Waals surface area (Å²) < 4.78 is 1.85. The largest absolute Gasteiger partial charge is 0.312 e. The van der Waals surface area contributed by atoms with Gasteiger partial charge in [-0.15, -0.1) is 11.3 Å². The summed E-state index contributed by atoms with van der Waals surface area (Å²) in [6, 6.07) is 11.4. The molecule has 2 atom stereocenters. The molecular formula is C16H17BrClNS. The molecule has 2 unspecified atom stereocenters. The molecule has 1 N–H and O–H groups in total. The number of halogens is 2. The Hall–Kier alpha value is -0.350. The lowest BCUT2D eigenvalue weighted by atomic mass is 9.79. The molecule has 1 aromatic heterocycles. The van der Waals surface area contributed by atoms with Gasteiger partial charge < -0.3 is 5.32 Å². The van der Waals surface area contributed by atoms with Crippen LogP contribution in [-0.4, -0.2) is 7.05 Å². The Bertz CT molecular complexity index is 591. The molecule has 106 valence electrons. The molecule has 0 spiro atoms. The van der Waals surface area contributed by atoms with E-state index in [1.807, 2.05) is 7.05 Å². The zero-order chi connectivity index (χ0) is 14.1. The first-order valence-corrected chi connectivity index (χ1v) is 8.86. The molecule has 0 amide bonds. The van der Waals surface area contributed by atoms with E-state index in [-0.39, 0.29) is 0 Å². The van der Waals surface area contributed by atoms with Gasteiger partial charge >= 0.3 is 0 Å². The van der Waals surface area contributed by atoms with Crippen molar-refractivity contribution in [2.75, 3.05) is 7.05 Å². The maximum Gasteiger partial charge on any atom is 0.107 e. The van der Waals surface area contributed by atoms with Gasteiger partial charge in [0, 0.05) is 15.4 Å². The minimum atomic E-state index is 0.386. The molecule has 0 aliphatic heterocycles. The third-order valence-corrected chi connectivity index (χ3v) is 6.70. The molecule has 1 nitrogen and oxygen atoms in total. The smallest absolute Gasteiger partial charge is 0.107 e. The van der Waals surface area contributed by atoms with E-state index in [1.165, 1.54) is 28.8 Å². The highest BCUT2D eigenvalue weighted by Gasteiger charge is 2.27. The summed E-state index contributed by atoms with van der Waals surface area (Å²) in [5, 5.41) is 3.49. The average molecular weight is 371 g/mol. The molecule has 4 heteroatoms. The number of aryl methyl sites for hydroxylation is 1. The van der Waals surface area contributed by atoms with E-state index < -0.39 is 0 Å². The summed E-state index contributed by atoms with van der Waals surface area (Å²) in [6.45, 7) is 0. The van der Waals surface area contributed by atoms with Crippen LogP contribution in [0.1, 0.15) is 28.5 Å². The Kier molecular flexibility index (Phi) is 4.51. The molecule has 0 radical (unpaired) electrons. The predicted molar refractivity (Wildman–Crippen MR) is 90.8 cm³/mol. The van der Waals surface area contributed by atoms with Gasteiger partial charge in [-0.1, -0.05) is 35.9 Å². The van der Waals surface area contributed by atoms with Gasteiger partial charge in [0.05, 0.1) is 0 Å². The minimum Gasteiger partial charge on any atom is -0.312 e. The second-order valence-corrected chi connectivity index (χ2v) is 7.85. The number of hydrogen-bond donors (Lipinski definition) is 1. The number of hydrogen-bond acceptors (Lipinski definition) is 2. The van der Waals surface area contributed by atoms with Gasteiger partial charge in [0.2, 0.25) is 0 Å². The van der Waals surface area contributed by atoms with Crippen molar-refractivity contribution in [2.24, 2.45) is 5.92 Å². The highest BCUT2D eigenvalue weighted by Crippen LogP contribution is 2.40. The van der Waals surface area contributed by atoms with Crippen LogP contribution in [0, 0.1) is 5.92 Å². The molecule has 20 heavy (non-hydrogen) atoms. The van der Waals surface area contributed by atoms with Crippen LogP contribution in [-0.2, 0) is 12.8 Å². The Morgan fingerprint density at radius 1 is 1.35 bits per heavy atom. The summed E-state index contributed by atoms with van der Waals surface area (Å²) >= 11 is 11.4. The molecular weight excluding hydrogens is 354 g/mol. The molecule has 1 aliphatic carbocycles. The minimum absolute atomic E-state index is 0.386. The first kappa shape index (κ1) is 14.6. The van der Waals surface area contributed by atoms with Crippen LogP contribution < -0.4 is 5.32 Å². The molecule has 3 rings (SSSR count). The van der Waals surface area contributed by atoms with E-state index in [4.69, 9.17) is 11.6 Å². The van der Waals surface area contributed by atoms with E-state index in [1.54, 1.807) is 11.3 Å². The van der Waals surface area contributed by atoms with Crippen molar-refractivity contribution in [1.82, 2.24) is 5.32 Å². The monoisotopic (exact) mass is 369 g/mol. The Balaban J connectivity index is 1.85. The fraction of sp³-hybridized carbons (Fsp3) is 0.375. The Labute approximate surface area is 137 Å². The zero-order valence-corrected chi connectivity index (χ0v) is 14.5. The van der Waals surface area contributed by atoms with Crippen molar-refractivity contribution in [1.29, 1.82) is 0 Å². The van der Waals surface area contributed by atoms with Crippen molar-refractivity contribution < 1.29 is 0 Å². The molecule has 2 aromatic rings. The lowest BCUT2D eigenvalue weighted by molar-refractivity contribution is 0.346. The maximum atomic E-state index is 6.19. The van der Waals surface area contributed by atoms with Gasteiger partial charge in [-0.2, -0.15) is 0 Å². The van der Waals surface area contributed by atoms with E-state index in [0.29, 0.717) is 12.0 Å². The number of fused-ring (bicyclic) bond motifs is 1. The normalized spacial score (nSPS) is 19.6. The van der Waals surface area contributed by atoms with Crippen LogP contribution in [0.25, 0.3) is 0 Å². The first-order valence-electron chi connectivity index (χ1n) is 6.88. The van der Waals surface area contributed by atoms with Crippen molar-refractivity contribution in [2.45, 2.75) is 25.3 Å². The van der Waals surface area contributed by atoms with Crippen molar-refractivity contribution >= 4 is 38.9 Å². The highest BCUT2D eigenvalue weighted by molar-refractivity contribution is 9.10. The molecule has 0 fully saturated rings. The summed E-state index contributed by atoms with van der Waals surface area (Å²) in [5.74, 6) is 0.636. The number of benzene rings is 1. The quantitative estimate of drug-likeness (QED) is 0.780. The standard InChI is InChI=1S/C16H17BrClNS/c1-19-15(14-9-13(17)16(18)20-14)12-7-6-10-4-2-3-5-11(10)8-12/h2-5,9,12,15,19H,6-8H2,1H3. The van der Waals surface area contributed by atoms with Crippen molar-refractivity contribution in [3.05, 3.63) is 55.1 Å². The van der Waals surface area contributed by atoms with Gasteiger partial charge in [-0.25, -0.2) is 0 Å².